The Bertz CT molecular complexity index is 367. The average molecular weight is 161 g/mol. The fraction of sp³-hybridized carbons (Fsp3) is 0. The molecule has 0 aliphatic rings. The summed E-state index contributed by atoms with van der Waals surface area (Å²) in [6, 6.07) is 9.38. The van der Waals surface area contributed by atoms with Crippen LogP contribution in [0.3, 0.4) is 0 Å². The molecule has 3 heteroatoms. The topological polar surface area (TPSA) is 46.3 Å². The van der Waals surface area contributed by atoms with E-state index in [4.69, 9.17) is 0 Å². The molecule has 0 unspecified atom stereocenters. The molecule has 1 aromatic heterocycles. The van der Waals surface area contributed by atoms with E-state index in [9.17, 15) is 5.11 Å². The first-order valence-electron chi connectivity index (χ1n) is 3.56. The van der Waals surface area contributed by atoms with Gasteiger partial charge in [-0.2, -0.15) is 0 Å². The molecule has 2 rings (SSSR count). The molecule has 0 saturated heterocycles. The predicted octanol–water partition coefficient (Wildman–Crippen LogP) is 2.05. The van der Waals surface area contributed by atoms with Crippen molar-refractivity contribution in [1.82, 2.24) is 5.16 Å². The van der Waals surface area contributed by atoms with Crippen LogP contribution in [-0.2, 0) is 0 Å². The lowest BCUT2D eigenvalue weighted by atomic mass is 10.1. The second-order valence-corrected chi connectivity index (χ2v) is 2.41. The number of aromatic hydroxyl groups is 1. The molecule has 60 valence electrons. The summed E-state index contributed by atoms with van der Waals surface area (Å²) in [5.74, 6) is 0.0706. The van der Waals surface area contributed by atoms with Gasteiger partial charge in [-0.05, 0) is 0 Å². The van der Waals surface area contributed by atoms with Crippen molar-refractivity contribution in [2.75, 3.05) is 0 Å². The van der Waals surface area contributed by atoms with E-state index in [1.54, 1.807) is 0 Å². The molecule has 0 saturated carbocycles. The number of hydrogen-bond acceptors (Lipinski definition) is 3. The Morgan fingerprint density at radius 3 is 2.50 bits per heavy atom. The van der Waals surface area contributed by atoms with E-state index in [0.717, 1.165) is 5.56 Å². The number of rotatable bonds is 1. The van der Waals surface area contributed by atoms with E-state index < -0.39 is 0 Å². The zero-order chi connectivity index (χ0) is 8.39. The van der Waals surface area contributed by atoms with Gasteiger partial charge in [-0.15, -0.1) is 0 Å². The summed E-state index contributed by atoms with van der Waals surface area (Å²) in [6.07, 6.45) is 1.21. The Hall–Kier alpha value is -1.77. The normalized spacial score (nSPS) is 10.0. The molecule has 12 heavy (non-hydrogen) atoms. The largest absolute Gasteiger partial charge is 0.503 e. The van der Waals surface area contributed by atoms with Gasteiger partial charge in [0.05, 0.1) is 0 Å². The summed E-state index contributed by atoms with van der Waals surface area (Å²) in [5, 5.41) is 12.9. The van der Waals surface area contributed by atoms with Gasteiger partial charge in [0.15, 0.2) is 17.7 Å². The Morgan fingerprint density at radius 2 is 1.92 bits per heavy atom. The SMILES string of the molecule is Oc1conc1-c1ccccc1. The van der Waals surface area contributed by atoms with Gasteiger partial charge in [-0.1, -0.05) is 35.5 Å². The molecule has 3 nitrogen and oxygen atoms in total. The second kappa shape index (κ2) is 2.70. The summed E-state index contributed by atoms with van der Waals surface area (Å²) in [7, 11) is 0. The van der Waals surface area contributed by atoms with Crippen LogP contribution < -0.4 is 0 Å². The summed E-state index contributed by atoms with van der Waals surface area (Å²) in [6.45, 7) is 0. The molecular weight excluding hydrogens is 154 g/mol. The minimum Gasteiger partial charge on any atom is -0.503 e. The van der Waals surface area contributed by atoms with Crippen LogP contribution in [0.15, 0.2) is 41.1 Å². The summed E-state index contributed by atoms with van der Waals surface area (Å²) in [5.41, 5.74) is 1.33. The van der Waals surface area contributed by atoms with Crippen LogP contribution in [0.5, 0.6) is 5.75 Å². The minimum atomic E-state index is 0.0706. The van der Waals surface area contributed by atoms with Gasteiger partial charge in [0.1, 0.15) is 0 Å². The van der Waals surface area contributed by atoms with Gasteiger partial charge in [-0.25, -0.2) is 0 Å². The Morgan fingerprint density at radius 1 is 1.17 bits per heavy atom. The lowest BCUT2D eigenvalue weighted by Crippen LogP contribution is -1.75. The quantitative estimate of drug-likeness (QED) is 0.696. The van der Waals surface area contributed by atoms with E-state index in [1.165, 1.54) is 6.26 Å². The molecule has 0 bridgehead atoms. The molecule has 0 spiro atoms. The van der Waals surface area contributed by atoms with Crippen LogP contribution >= 0.6 is 0 Å². The molecule has 0 aliphatic heterocycles. The van der Waals surface area contributed by atoms with Gasteiger partial charge in [0.25, 0.3) is 0 Å². The number of benzene rings is 1. The Balaban J connectivity index is 2.51. The predicted molar refractivity (Wildman–Crippen MR) is 43.6 cm³/mol. The van der Waals surface area contributed by atoms with Crippen LogP contribution in [0.4, 0.5) is 0 Å². The van der Waals surface area contributed by atoms with E-state index in [1.807, 2.05) is 30.3 Å². The summed E-state index contributed by atoms with van der Waals surface area (Å²) >= 11 is 0. The summed E-state index contributed by atoms with van der Waals surface area (Å²) in [4.78, 5) is 0. The van der Waals surface area contributed by atoms with Crippen molar-refractivity contribution in [3.05, 3.63) is 36.6 Å². The van der Waals surface area contributed by atoms with Crippen molar-refractivity contribution in [3.63, 3.8) is 0 Å². The minimum absolute atomic E-state index is 0.0706. The maximum Gasteiger partial charge on any atom is 0.183 e. The Labute approximate surface area is 69.2 Å². The van der Waals surface area contributed by atoms with Gasteiger partial charge in [0, 0.05) is 5.56 Å². The van der Waals surface area contributed by atoms with Crippen molar-refractivity contribution < 1.29 is 9.63 Å². The van der Waals surface area contributed by atoms with E-state index in [2.05, 4.69) is 9.68 Å². The molecule has 1 aromatic carbocycles. The number of hydrogen-bond donors (Lipinski definition) is 1. The molecule has 1 N–H and O–H groups in total. The third-order valence-electron chi connectivity index (χ3n) is 1.60. The number of aromatic nitrogens is 1. The van der Waals surface area contributed by atoms with Crippen molar-refractivity contribution in [2.45, 2.75) is 0 Å². The van der Waals surface area contributed by atoms with Crippen LogP contribution in [-0.4, -0.2) is 10.3 Å². The first kappa shape index (κ1) is 6.91. The first-order valence-corrected chi connectivity index (χ1v) is 3.56. The zero-order valence-corrected chi connectivity index (χ0v) is 6.27. The molecule has 0 radical (unpaired) electrons. The zero-order valence-electron chi connectivity index (χ0n) is 6.27. The monoisotopic (exact) mass is 161 g/mol. The van der Waals surface area contributed by atoms with Gasteiger partial charge < -0.3 is 9.63 Å². The standard InChI is InChI=1S/C9H7NO2/c11-8-6-12-10-9(8)7-4-2-1-3-5-7/h1-6,11H. The van der Waals surface area contributed by atoms with Gasteiger partial charge in [-0.3, -0.25) is 0 Å². The highest BCUT2D eigenvalue weighted by Gasteiger charge is 2.06. The first-order chi connectivity index (χ1) is 5.88. The third-order valence-corrected chi connectivity index (χ3v) is 1.60. The summed E-state index contributed by atoms with van der Waals surface area (Å²) < 4.78 is 4.60. The molecule has 0 fully saturated rings. The molecule has 2 aromatic rings. The maximum absolute atomic E-state index is 9.25. The Kier molecular flexibility index (Phi) is 1.55. The molecular formula is C9H7NO2. The fourth-order valence-electron chi connectivity index (χ4n) is 1.03. The fourth-order valence-corrected chi connectivity index (χ4v) is 1.03. The van der Waals surface area contributed by atoms with Crippen molar-refractivity contribution in [2.24, 2.45) is 0 Å². The maximum atomic E-state index is 9.25. The number of nitrogens with zero attached hydrogens (tertiary/aromatic N) is 1. The van der Waals surface area contributed by atoms with E-state index in [0.29, 0.717) is 5.69 Å². The van der Waals surface area contributed by atoms with Crippen molar-refractivity contribution in [1.29, 1.82) is 0 Å². The average Bonchev–Trinajstić information content (AvgIpc) is 2.53. The smallest absolute Gasteiger partial charge is 0.183 e. The highest BCUT2D eigenvalue weighted by atomic mass is 16.5. The van der Waals surface area contributed by atoms with E-state index >= 15 is 0 Å². The van der Waals surface area contributed by atoms with E-state index in [-0.39, 0.29) is 5.75 Å². The van der Waals surface area contributed by atoms with Crippen molar-refractivity contribution in [3.8, 4) is 17.0 Å². The third kappa shape index (κ3) is 1.05. The van der Waals surface area contributed by atoms with Gasteiger partial charge >= 0.3 is 0 Å². The molecule has 1 heterocycles. The second-order valence-electron chi connectivity index (χ2n) is 2.41. The van der Waals surface area contributed by atoms with Crippen molar-refractivity contribution >= 4 is 0 Å². The van der Waals surface area contributed by atoms with Crippen LogP contribution in [0.2, 0.25) is 0 Å². The van der Waals surface area contributed by atoms with Crippen LogP contribution in [0.25, 0.3) is 11.3 Å². The highest BCUT2D eigenvalue weighted by molar-refractivity contribution is 5.64. The van der Waals surface area contributed by atoms with Crippen LogP contribution in [0, 0.1) is 0 Å². The lowest BCUT2D eigenvalue weighted by Gasteiger charge is -1.93. The highest BCUT2D eigenvalue weighted by Crippen LogP contribution is 2.26. The van der Waals surface area contributed by atoms with Gasteiger partial charge in [0.2, 0.25) is 0 Å². The lowest BCUT2D eigenvalue weighted by molar-refractivity contribution is 0.408. The molecule has 0 aliphatic carbocycles. The molecule has 0 atom stereocenters. The van der Waals surface area contributed by atoms with Crippen LogP contribution in [0.1, 0.15) is 0 Å². The molecule has 0 amide bonds.